The number of aryl methyl sites for hydroxylation is 1. The molecule has 0 unspecified atom stereocenters. The number of fused-ring (bicyclic) bond motifs is 4. The number of aromatic amines is 1. The zero-order valence-electron chi connectivity index (χ0n) is 16.9. The quantitative estimate of drug-likeness (QED) is 0.507. The standard InChI is InChI=1S/C20H19N3O2.C2H7N/c1-4-21-20(24)19-15-10-16-14-9-12(25-3)5-6-17(14)23-18(16)11(2)13(15)7-8-22-19;1-3-2/h5-10,23H,4H2,1-3H3,(H,21,24);3H,1-2H3. The molecule has 0 bridgehead atoms. The highest BCUT2D eigenvalue weighted by Crippen LogP contribution is 2.35. The number of hydrogen-bond donors (Lipinski definition) is 3. The van der Waals surface area contributed by atoms with E-state index < -0.39 is 0 Å². The van der Waals surface area contributed by atoms with E-state index in [4.69, 9.17) is 4.74 Å². The molecule has 0 aliphatic heterocycles. The summed E-state index contributed by atoms with van der Waals surface area (Å²) in [6.07, 6.45) is 1.69. The Labute approximate surface area is 164 Å². The number of rotatable bonds is 3. The fourth-order valence-corrected chi connectivity index (χ4v) is 3.42. The Hall–Kier alpha value is -3.12. The second-order valence-electron chi connectivity index (χ2n) is 6.57. The van der Waals surface area contributed by atoms with E-state index in [1.54, 1.807) is 13.3 Å². The van der Waals surface area contributed by atoms with Gasteiger partial charge < -0.3 is 20.4 Å². The number of amides is 1. The summed E-state index contributed by atoms with van der Waals surface area (Å²) in [7, 11) is 5.41. The lowest BCUT2D eigenvalue weighted by atomic mass is 10.00. The van der Waals surface area contributed by atoms with Gasteiger partial charge in [-0.3, -0.25) is 9.78 Å². The van der Waals surface area contributed by atoms with Gasteiger partial charge in [0.15, 0.2) is 0 Å². The van der Waals surface area contributed by atoms with E-state index in [9.17, 15) is 4.79 Å². The molecule has 0 aliphatic rings. The lowest BCUT2D eigenvalue weighted by Gasteiger charge is -2.09. The van der Waals surface area contributed by atoms with Crippen molar-refractivity contribution in [2.45, 2.75) is 13.8 Å². The van der Waals surface area contributed by atoms with Crippen LogP contribution in [-0.4, -0.2) is 43.6 Å². The van der Waals surface area contributed by atoms with Crippen molar-refractivity contribution in [1.82, 2.24) is 20.6 Å². The van der Waals surface area contributed by atoms with Crippen LogP contribution < -0.4 is 15.4 Å². The SMILES string of the molecule is CCNC(=O)c1nccc2c(C)c3[nH]c4ccc(OC)cc4c3cc12.CNC. The van der Waals surface area contributed by atoms with Gasteiger partial charge in [-0.15, -0.1) is 0 Å². The Morgan fingerprint density at radius 1 is 1.11 bits per heavy atom. The zero-order valence-corrected chi connectivity index (χ0v) is 16.9. The third-order valence-electron chi connectivity index (χ3n) is 4.66. The van der Waals surface area contributed by atoms with E-state index in [0.29, 0.717) is 12.2 Å². The normalized spacial score (nSPS) is 10.8. The van der Waals surface area contributed by atoms with Crippen LogP contribution >= 0.6 is 0 Å². The minimum atomic E-state index is -0.149. The van der Waals surface area contributed by atoms with Crippen molar-refractivity contribution < 1.29 is 9.53 Å². The third kappa shape index (κ3) is 3.39. The summed E-state index contributed by atoms with van der Waals surface area (Å²) in [5.41, 5.74) is 3.68. The first-order chi connectivity index (χ1) is 13.5. The smallest absolute Gasteiger partial charge is 0.270 e. The molecule has 0 atom stereocenters. The Bertz CT molecular complexity index is 1150. The number of H-pyrrole nitrogens is 1. The molecule has 0 spiro atoms. The van der Waals surface area contributed by atoms with Crippen LogP contribution in [0.15, 0.2) is 36.5 Å². The maximum Gasteiger partial charge on any atom is 0.270 e. The van der Waals surface area contributed by atoms with Gasteiger partial charge in [-0.25, -0.2) is 0 Å². The summed E-state index contributed by atoms with van der Waals surface area (Å²) >= 11 is 0. The number of carbonyl (C=O) groups excluding carboxylic acids is 1. The first-order valence-electron chi connectivity index (χ1n) is 9.30. The molecule has 4 aromatic rings. The molecule has 6 nitrogen and oxygen atoms in total. The summed E-state index contributed by atoms with van der Waals surface area (Å²) in [6.45, 7) is 4.54. The van der Waals surface area contributed by atoms with E-state index >= 15 is 0 Å². The van der Waals surface area contributed by atoms with E-state index in [-0.39, 0.29) is 5.91 Å². The largest absolute Gasteiger partial charge is 0.497 e. The molecule has 2 aromatic heterocycles. The Balaban J connectivity index is 0.000000706. The number of methoxy groups -OCH3 is 1. The van der Waals surface area contributed by atoms with Gasteiger partial charge in [-0.05, 0) is 69.2 Å². The molecule has 3 N–H and O–H groups in total. The van der Waals surface area contributed by atoms with Crippen molar-refractivity contribution >= 4 is 38.5 Å². The van der Waals surface area contributed by atoms with Crippen LogP contribution in [0.5, 0.6) is 5.75 Å². The van der Waals surface area contributed by atoms with Crippen molar-refractivity contribution in [1.29, 1.82) is 0 Å². The Morgan fingerprint density at radius 3 is 2.54 bits per heavy atom. The topological polar surface area (TPSA) is 79.0 Å². The van der Waals surface area contributed by atoms with Gasteiger partial charge >= 0.3 is 0 Å². The molecule has 0 radical (unpaired) electrons. The molecule has 4 rings (SSSR count). The van der Waals surface area contributed by atoms with E-state index in [1.807, 2.05) is 51.4 Å². The van der Waals surface area contributed by atoms with Gasteiger partial charge in [0.25, 0.3) is 5.91 Å². The van der Waals surface area contributed by atoms with Crippen LogP contribution in [0.1, 0.15) is 23.0 Å². The number of nitrogens with zero attached hydrogens (tertiary/aromatic N) is 1. The zero-order chi connectivity index (χ0) is 20.3. The van der Waals surface area contributed by atoms with E-state index in [0.717, 1.165) is 43.9 Å². The predicted octanol–water partition coefficient (Wildman–Crippen LogP) is 3.77. The summed E-state index contributed by atoms with van der Waals surface area (Å²) < 4.78 is 5.36. The number of hydrogen-bond acceptors (Lipinski definition) is 4. The molecular formula is C22H26N4O2. The predicted molar refractivity (Wildman–Crippen MR) is 115 cm³/mol. The van der Waals surface area contributed by atoms with Gasteiger partial charge in [0.05, 0.1) is 12.6 Å². The molecule has 1 amide bonds. The van der Waals surface area contributed by atoms with Crippen LogP contribution in [-0.2, 0) is 0 Å². The summed E-state index contributed by atoms with van der Waals surface area (Å²) in [5.74, 6) is 0.658. The number of benzene rings is 2. The second-order valence-corrected chi connectivity index (χ2v) is 6.57. The van der Waals surface area contributed by atoms with Crippen LogP contribution in [0, 0.1) is 6.92 Å². The van der Waals surface area contributed by atoms with Crippen LogP contribution in [0.4, 0.5) is 0 Å². The molecule has 2 heterocycles. The number of aromatic nitrogens is 2. The molecular weight excluding hydrogens is 352 g/mol. The highest BCUT2D eigenvalue weighted by Gasteiger charge is 2.16. The van der Waals surface area contributed by atoms with Gasteiger partial charge in [0.1, 0.15) is 11.4 Å². The fourth-order valence-electron chi connectivity index (χ4n) is 3.42. The summed E-state index contributed by atoms with van der Waals surface area (Å²) in [4.78, 5) is 20.2. The molecule has 0 fully saturated rings. The van der Waals surface area contributed by atoms with Crippen molar-refractivity contribution in [2.75, 3.05) is 27.7 Å². The maximum absolute atomic E-state index is 12.4. The van der Waals surface area contributed by atoms with Crippen LogP contribution in [0.2, 0.25) is 0 Å². The third-order valence-corrected chi connectivity index (χ3v) is 4.66. The van der Waals surface area contributed by atoms with Gasteiger partial charge in [0, 0.05) is 34.4 Å². The van der Waals surface area contributed by atoms with E-state index in [1.165, 1.54) is 0 Å². The lowest BCUT2D eigenvalue weighted by Crippen LogP contribution is -2.23. The minimum Gasteiger partial charge on any atom is -0.497 e. The molecule has 0 aliphatic carbocycles. The average molecular weight is 378 g/mol. The van der Waals surface area contributed by atoms with Crippen molar-refractivity contribution in [3.8, 4) is 5.75 Å². The molecule has 6 heteroatoms. The highest BCUT2D eigenvalue weighted by atomic mass is 16.5. The van der Waals surface area contributed by atoms with Crippen LogP contribution in [0.3, 0.4) is 0 Å². The Morgan fingerprint density at radius 2 is 1.86 bits per heavy atom. The van der Waals surface area contributed by atoms with Crippen molar-refractivity contribution in [3.63, 3.8) is 0 Å². The minimum absolute atomic E-state index is 0.149. The van der Waals surface area contributed by atoms with E-state index in [2.05, 4.69) is 27.5 Å². The van der Waals surface area contributed by atoms with Gasteiger partial charge in [0.2, 0.25) is 0 Å². The maximum atomic E-state index is 12.4. The molecule has 28 heavy (non-hydrogen) atoms. The number of nitrogens with one attached hydrogen (secondary N) is 3. The molecule has 146 valence electrons. The fraction of sp³-hybridized carbons (Fsp3) is 0.273. The first-order valence-corrected chi connectivity index (χ1v) is 9.30. The highest BCUT2D eigenvalue weighted by molar-refractivity contribution is 6.17. The monoisotopic (exact) mass is 378 g/mol. The van der Waals surface area contributed by atoms with Crippen molar-refractivity contribution in [2.24, 2.45) is 0 Å². The lowest BCUT2D eigenvalue weighted by molar-refractivity contribution is 0.0952. The van der Waals surface area contributed by atoms with Crippen LogP contribution in [0.25, 0.3) is 32.6 Å². The molecule has 0 saturated carbocycles. The Kier molecular flexibility index (Phi) is 5.80. The summed E-state index contributed by atoms with van der Waals surface area (Å²) in [6, 6.07) is 9.98. The average Bonchev–Trinajstić information content (AvgIpc) is 3.07. The van der Waals surface area contributed by atoms with Gasteiger partial charge in [-0.2, -0.15) is 0 Å². The number of pyridine rings is 1. The second kappa shape index (κ2) is 8.27. The van der Waals surface area contributed by atoms with Crippen molar-refractivity contribution in [3.05, 3.63) is 47.8 Å². The number of ether oxygens (including phenoxy) is 1. The molecule has 0 saturated heterocycles. The van der Waals surface area contributed by atoms with Gasteiger partial charge in [-0.1, -0.05) is 0 Å². The first kappa shape index (κ1) is 19.6. The number of carbonyl (C=O) groups is 1. The molecule has 2 aromatic carbocycles. The summed E-state index contributed by atoms with van der Waals surface area (Å²) in [5, 5.41) is 9.63.